The van der Waals surface area contributed by atoms with Crippen LogP contribution < -0.4 is 0 Å². The Kier molecular flexibility index (Phi) is 42.8. The van der Waals surface area contributed by atoms with Gasteiger partial charge in [-0.15, -0.1) is 12.4 Å². The second kappa shape index (κ2) is 12.5. The molecule has 0 aromatic carbocycles. The number of hydrogen-bond acceptors (Lipinski definition) is 4. The van der Waals surface area contributed by atoms with Crippen molar-refractivity contribution in [3.8, 4) is 0 Å². The molecule has 9 heavy (non-hydrogen) atoms. The molecule has 0 rings (SSSR count). The van der Waals surface area contributed by atoms with Gasteiger partial charge in [0.25, 0.3) is 0 Å². The zero-order valence-corrected chi connectivity index (χ0v) is 5.01. The summed E-state index contributed by atoms with van der Waals surface area (Å²) in [6.07, 6.45) is 0. The maximum atomic E-state index is 7.33. The van der Waals surface area contributed by atoms with Gasteiger partial charge in [0.15, 0.2) is 17.4 Å². The average Bonchev–Trinajstić information content (AvgIpc) is 0.722. The summed E-state index contributed by atoms with van der Waals surface area (Å²) in [5.74, 6) is 0. The Hall–Kier alpha value is 1.84. The average molecular weight is 205 g/mol. The van der Waals surface area contributed by atoms with Crippen molar-refractivity contribution in [2.24, 2.45) is 0 Å². The molecule has 0 aromatic rings. The molecule has 0 bridgehead atoms. The molecule has 9 heteroatoms. The summed E-state index contributed by atoms with van der Waals surface area (Å²) >= 11 is 0. The first kappa shape index (κ1) is 30.8. The first-order chi connectivity index (χ1) is 2.00. The number of hydrogen-bond donors (Lipinski definition) is 4. The Morgan fingerprint density at radius 2 is 0.889 bits per heavy atom. The van der Waals surface area contributed by atoms with Gasteiger partial charge in [-0.1, -0.05) is 0 Å². The van der Waals surface area contributed by atoms with E-state index in [1.54, 1.807) is 0 Å². The molecule has 6 N–H and O–H groups in total. The molecule has 56 valence electrons. The molecule has 0 saturated carbocycles. The van der Waals surface area contributed by atoms with E-state index in [9.17, 15) is 0 Å². The summed E-state index contributed by atoms with van der Waals surface area (Å²) in [4.78, 5) is 29.3. The Labute approximate surface area is 92.3 Å². The molecule has 0 aromatic heterocycles. The van der Waals surface area contributed by atoms with Gasteiger partial charge in [-0.3, -0.25) is 0 Å². The normalized spacial score (nSPS) is 6.67. The zero-order chi connectivity index (χ0) is 4.50. The van der Waals surface area contributed by atoms with Crippen molar-refractivity contribution in [3.05, 3.63) is 0 Å². The van der Waals surface area contributed by atoms with E-state index in [1.165, 1.54) is 0 Å². The third-order valence-corrected chi connectivity index (χ3v) is 0. The molecule has 0 spiro atoms. The minimum atomic E-state index is -4.61. The maximum absolute atomic E-state index is 7.33. The van der Waals surface area contributed by atoms with Crippen LogP contribution in [0, 0.1) is 0 Å². The van der Waals surface area contributed by atoms with Gasteiger partial charge in [0.2, 0.25) is 0 Å². The van der Waals surface area contributed by atoms with Crippen LogP contribution in [0.5, 0.6) is 0 Å². The molecule has 0 saturated heterocycles. The van der Waals surface area contributed by atoms with Crippen LogP contribution in [0.15, 0.2) is 0 Å². The van der Waals surface area contributed by atoms with E-state index in [0.29, 0.717) is 0 Å². The number of halogens is 1. The van der Waals surface area contributed by atoms with Crippen LogP contribution in [-0.2, 0) is 0 Å². The quantitative estimate of drug-likeness (QED) is 0.297. The van der Waals surface area contributed by atoms with Gasteiger partial charge in [-0.25, -0.2) is 0 Å². The molecule has 0 aliphatic rings. The fourth-order valence-corrected chi connectivity index (χ4v) is 0. The molecule has 0 aliphatic carbocycles. The third-order valence-electron chi connectivity index (χ3n) is 0. The van der Waals surface area contributed by atoms with E-state index < -0.39 is 9.05 Å². The topological polar surface area (TPSA) is 112 Å². The van der Waals surface area contributed by atoms with Gasteiger partial charge >= 0.3 is 38.6 Å². The zero-order valence-electron chi connectivity index (χ0n) is 3.20. The fourth-order valence-electron chi connectivity index (χ4n) is 0. The van der Waals surface area contributed by atoms with E-state index in [1.807, 2.05) is 0 Å². The van der Waals surface area contributed by atoms with Gasteiger partial charge in [0.1, 0.15) is 0 Å². The van der Waals surface area contributed by atoms with Crippen LogP contribution >= 0.6 is 12.4 Å². The second-order valence-corrected chi connectivity index (χ2v) is 1.80. The van der Waals surface area contributed by atoms with Crippen molar-refractivity contribution >= 4 is 68.4 Å². The van der Waals surface area contributed by atoms with Crippen molar-refractivity contribution in [2.45, 2.75) is 0 Å². The molecule has 0 fully saturated rings. The van der Waals surface area contributed by atoms with Crippen LogP contribution in [0.2, 0.25) is 0 Å². The summed E-state index contributed by atoms with van der Waals surface area (Å²) in [5.41, 5.74) is 0. The van der Waals surface area contributed by atoms with Crippen molar-refractivity contribution in [1.29, 1.82) is 0 Å². The predicted molar refractivity (Wildman–Crippen MR) is 42.6 cm³/mol. The van der Waals surface area contributed by atoms with Crippen molar-refractivity contribution in [1.82, 2.24) is 0 Å². The molecule has 5 nitrogen and oxygen atoms in total. The van der Waals surface area contributed by atoms with Gasteiger partial charge in [-0.05, 0) is 0 Å². The first-order valence-electron chi connectivity index (χ1n) is 0.894. The van der Waals surface area contributed by atoms with Crippen LogP contribution in [0.25, 0.3) is 0 Å². The molecule has 0 aliphatic heterocycles. The number of rotatable bonds is 0. The molecule has 0 unspecified atom stereocenters. The molecular weight excluding hydrogens is 194 g/mol. The van der Waals surface area contributed by atoms with Crippen molar-refractivity contribution < 1.29 is 24.7 Å². The Morgan fingerprint density at radius 3 is 0.889 bits per heavy atom. The van der Waals surface area contributed by atoms with E-state index >= 15 is 0 Å². The van der Waals surface area contributed by atoms with Crippen LogP contribution in [0.4, 0.5) is 0 Å². The molecule has 0 amide bonds. The van der Waals surface area contributed by atoms with Gasteiger partial charge in [0.05, 0.1) is 0 Å². The Bertz CT molecular complexity index is 32.4. The van der Waals surface area contributed by atoms with Gasteiger partial charge in [0, 0.05) is 0 Å². The SMILES string of the molecule is Cl.O.O[Si](O)(O)O.[AlH3].[NaH]. The predicted octanol–water partition coefficient (Wildman–Crippen LogP) is -4.84. The van der Waals surface area contributed by atoms with E-state index in [4.69, 9.17) is 19.2 Å². The van der Waals surface area contributed by atoms with Crippen LogP contribution in [-0.4, -0.2) is 80.6 Å². The monoisotopic (exact) mass is 204 g/mol. The van der Waals surface area contributed by atoms with Crippen LogP contribution in [0.1, 0.15) is 0 Å². The summed E-state index contributed by atoms with van der Waals surface area (Å²) in [6.45, 7) is 0. The van der Waals surface area contributed by atoms with Crippen molar-refractivity contribution in [3.63, 3.8) is 0 Å². The van der Waals surface area contributed by atoms with E-state index in [0.717, 1.165) is 0 Å². The summed E-state index contributed by atoms with van der Waals surface area (Å²) in [7, 11) is -4.61. The van der Waals surface area contributed by atoms with Crippen LogP contribution in [0.3, 0.4) is 0 Å². The molecular formula is H11AlClNaO5Si. The standard InChI is InChI=1S/Al.ClH.Na.H4O4Si.H2O.4H/c;;;1-5(2,3)4;;;;;/h;1H;;1-4H;1H2;;;;. The third kappa shape index (κ3) is 179. The van der Waals surface area contributed by atoms with Gasteiger partial charge < -0.3 is 24.7 Å². The Morgan fingerprint density at radius 1 is 0.889 bits per heavy atom. The summed E-state index contributed by atoms with van der Waals surface area (Å²) in [6, 6.07) is 0. The Balaban J connectivity index is -0.0000000133. The van der Waals surface area contributed by atoms with E-state index in [-0.39, 0.29) is 64.8 Å². The molecule has 0 atom stereocenters. The summed E-state index contributed by atoms with van der Waals surface area (Å²) < 4.78 is 0. The molecule has 0 heterocycles. The first-order valence-corrected chi connectivity index (χ1v) is 2.68. The second-order valence-electron chi connectivity index (χ2n) is 0.600. The van der Waals surface area contributed by atoms with Crippen molar-refractivity contribution in [2.75, 3.05) is 0 Å². The van der Waals surface area contributed by atoms with E-state index in [2.05, 4.69) is 0 Å². The minimum absolute atomic E-state index is 0. The molecule has 0 radical (unpaired) electrons. The van der Waals surface area contributed by atoms with Gasteiger partial charge in [-0.2, -0.15) is 0 Å². The summed E-state index contributed by atoms with van der Waals surface area (Å²) in [5, 5.41) is 0. The fraction of sp³-hybridized carbons (Fsp3) is 0.